The van der Waals surface area contributed by atoms with E-state index in [1.807, 2.05) is 12.1 Å². The highest BCUT2D eigenvalue weighted by molar-refractivity contribution is 5.34. The van der Waals surface area contributed by atoms with E-state index in [0.717, 1.165) is 36.2 Å². The molecule has 112 valence electrons. The highest BCUT2D eigenvalue weighted by Gasteiger charge is 2.33. The lowest BCUT2D eigenvalue weighted by Gasteiger charge is -2.34. The maximum absolute atomic E-state index is 13.0. The first kappa shape index (κ1) is 14.3. The van der Waals surface area contributed by atoms with Crippen molar-refractivity contribution in [2.75, 3.05) is 0 Å². The Labute approximate surface area is 125 Å². The lowest BCUT2D eigenvalue weighted by atomic mass is 9.75. The number of benzene rings is 1. The van der Waals surface area contributed by atoms with Gasteiger partial charge in [-0.1, -0.05) is 26.0 Å². The summed E-state index contributed by atoms with van der Waals surface area (Å²) in [6.45, 7) is 7.19. The van der Waals surface area contributed by atoms with E-state index in [1.165, 1.54) is 17.8 Å². The molecule has 0 bridgehead atoms. The first-order chi connectivity index (χ1) is 9.85. The van der Waals surface area contributed by atoms with E-state index in [-0.39, 0.29) is 17.3 Å². The largest absolute Gasteiger partial charge is 0.388 e. The van der Waals surface area contributed by atoms with Gasteiger partial charge in [0.05, 0.1) is 6.10 Å². The lowest BCUT2D eigenvalue weighted by Crippen LogP contribution is -2.27. The minimum Gasteiger partial charge on any atom is -0.388 e. The van der Waals surface area contributed by atoms with Crippen molar-refractivity contribution in [3.05, 3.63) is 58.7 Å². The molecule has 0 saturated heterocycles. The zero-order chi connectivity index (χ0) is 15.2. The predicted molar refractivity (Wildman–Crippen MR) is 81.7 cm³/mol. The van der Waals surface area contributed by atoms with Gasteiger partial charge in [-0.25, -0.2) is 4.39 Å². The molecule has 1 heterocycles. The number of aromatic nitrogens is 1. The van der Waals surface area contributed by atoms with Gasteiger partial charge in [-0.05, 0) is 48.9 Å². The Balaban J connectivity index is 1.98. The summed E-state index contributed by atoms with van der Waals surface area (Å²) < 4.78 is 15.3. The number of nitrogens with zero attached hydrogens (tertiary/aromatic N) is 1. The van der Waals surface area contributed by atoms with Crippen LogP contribution in [0.25, 0.3) is 0 Å². The average molecular weight is 287 g/mol. The molecule has 0 amide bonds. The van der Waals surface area contributed by atoms with Crippen molar-refractivity contribution >= 4 is 0 Å². The topological polar surface area (TPSA) is 25.2 Å². The maximum atomic E-state index is 13.0. The quantitative estimate of drug-likeness (QED) is 0.887. The van der Waals surface area contributed by atoms with E-state index < -0.39 is 0 Å². The number of aliphatic hydroxyl groups excluding tert-OH is 1. The minimum absolute atomic E-state index is 0.109. The number of aryl methyl sites for hydroxylation is 1. The Morgan fingerprint density at radius 1 is 1.29 bits per heavy atom. The lowest BCUT2D eigenvalue weighted by molar-refractivity contribution is 0.0981. The van der Waals surface area contributed by atoms with Gasteiger partial charge in [-0.15, -0.1) is 0 Å². The highest BCUT2D eigenvalue weighted by Crippen LogP contribution is 2.42. The van der Waals surface area contributed by atoms with Crippen LogP contribution in [-0.4, -0.2) is 9.67 Å². The van der Waals surface area contributed by atoms with Gasteiger partial charge in [0, 0.05) is 23.5 Å². The Morgan fingerprint density at radius 3 is 2.62 bits per heavy atom. The molecule has 1 N–H and O–H groups in total. The smallest absolute Gasteiger partial charge is 0.123 e. The summed E-state index contributed by atoms with van der Waals surface area (Å²) in [4.78, 5) is 0. The minimum atomic E-state index is -0.378. The van der Waals surface area contributed by atoms with Gasteiger partial charge in [0.15, 0.2) is 0 Å². The van der Waals surface area contributed by atoms with E-state index in [9.17, 15) is 9.50 Å². The molecule has 0 radical (unpaired) electrons. The van der Waals surface area contributed by atoms with Crippen LogP contribution in [0.15, 0.2) is 30.3 Å². The van der Waals surface area contributed by atoms with E-state index >= 15 is 0 Å². The van der Waals surface area contributed by atoms with Crippen molar-refractivity contribution in [1.82, 2.24) is 4.57 Å². The summed E-state index contributed by atoms with van der Waals surface area (Å²) in [5, 5.41) is 10.4. The second-order valence-electron chi connectivity index (χ2n) is 6.96. The number of hydrogen-bond donors (Lipinski definition) is 1. The Morgan fingerprint density at radius 2 is 1.95 bits per heavy atom. The van der Waals surface area contributed by atoms with Crippen molar-refractivity contribution in [3.63, 3.8) is 0 Å². The van der Waals surface area contributed by atoms with Crippen molar-refractivity contribution in [2.45, 2.75) is 46.3 Å². The van der Waals surface area contributed by atoms with Gasteiger partial charge in [0.1, 0.15) is 5.82 Å². The predicted octanol–water partition coefficient (Wildman–Crippen LogP) is 3.99. The molecule has 1 unspecified atom stereocenters. The average Bonchev–Trinajstić information content (AvgIpc) is 2.69. The third-order valence-corrected chi connectivity index (χ3v) is 4.45. The summed E-state index contributed by atoms with van der Waals surface area (Å²) >= 11 is 0. The van der Waals surface area contributed by atoms with Gasteiger partial charge in [0.25, 0.3) is 0 Å². The molecule has 21 heavy (non-hydrogen) atoms. The Hall–Kier alpha value is -1.61. The SMILES string of the molecule is Cc1cc2c(n1Cc1ccc(F)cc1)CC(C)(C)CC2O. The molecule has 1 aromatic heterocycles. The van der Waals surface area contributed by atoms with Gasteiger partial charge < -0.3 is 9.67 Å². The van der Waals surface area contributed by atoms with Crippen LogP contribution in [0.1, 0.15) is 48.9 Å². The summed E-state index contributed by atoms with van der Waals surface area (Å²) in [6.07, 6.45) is 1.39. The fraction of sp³-hybridized carbons (Fsp3) is 0.444. The van der Waals surface area contributed by atoms with Crippen molar-refractivity contribution in [2.24, 2.45) is 5.41 Å². The van der Waals surface area contributed by atoms with Crippen LogP contribution >= 0.6 is 0 Å². The van der Waals surface area contributed by atoms with E-state index in [0.29, 0.717) is 0 Å². The van der Waals surface area contributed by atoms with Crippen LogP contribution in [0, 0.1) is 18.2 Å². The molecule has 0 saturated carbocycles. The van der Waals surface area contributed by atoms with Crippen LogP contribution < -0.4 is 0 Å². The monoisotopic (exact) mass is 287 g/mol. The molecule has 1 aliphatic rings. The van der Waals surface area contributed by atoms with Crippen molar-refractivity contribution < 1.29 is 9.50 Å². The Kier molecular flexibility index (Phi) is 3.40. The highest BCUT2D eigenvalue weighted by atomic mass is 19.1. The molecule has 2 nitrogen and oxygen atoms in total. The second kappa shape index (κ2) is 4.99. The standard InChI is InChI=1S/C18H22FNO/c1-12-8-15-16(9-18(2,3)10-17(15)21)20(12)11-13-4-6-14(19)7-5-13/h4-8,17,21H,9-11H2,1-3H3. The third-order valence-electron chi connectivity index (χ3n) is 4.45. The summed E-state index contributed by atoms with van der Waals surface area (Å²) in [5.41, 5.74) is 4.63. The number of aliphatic hydroxyl groups is 1. The molecular weight excluding hydrogens is 265 g/mol. The molecule has 0 aliphatic heterocycles. The summed E-state index contributed by atoms with van der Waals surface area (Å²) in [6, 6.07) is 8.74. The molecule has 0 spiro atoms. The number of rotatable bonds is 2. The van der Waals surface area contributed by atoms with E-state index in [1.54, 1.807) is 0 Å². The first-order valence-corrected chi connectivity index (χ1v) is 7.47. The summed E-state index contributed by atoms with van der Waals surface area (Å²) in [5.74, 6) is -0.207. The van der Waals surface area contributed by atoms with Gasteiger partial charge >= 0.3 is 0 Å². The number of fused-ring (bicyclic) bond motifs is 1. The fourth-order valence-corrected chi connectivity index (χ4v) is 3.39. The third kappa shape index (κ3) is 2.75. The van der Waals surface area contributed by atoms with Crippen molar-refractivity contribution in [3.8, 4) is 0 Å². The molecule has 3 rings (SSSR count). The van der Waals surface area contributed by atoms with Crippen LogP contribution in [0.5, 0.6) is 0 Å². The zero-order valence-electron chi connectivity index (χ0n) is 12.9. The molecule has 1 aliphatic carbocycles. The van der Waals surface area contributed by atoms with Crippen molar-refractivity contribution in [1.29, 1.82) is 0 Å². The molecule has 1 aromatic carbocycles. The molecule has 3 heteroatoms. The Bertz CT molecular complexity index is 655. The number of hydrogen-bond acceptors (Lipinski definition) is 1. The maximum Gasteiger partial charge on any atom is 0.123 e. The van der Waals surface area contributed by atoms with Crippen LogP contribution in [0.2, 0.25) is 0 Å². The molecule has 0 fully saturated rings. The van der Waals surface area contributed by atoms with Gasteiger partial charge in [0.2, 0.25) is 0 Å². The van der Waals surface area contributed by atoms with Crippen LogP contribution in [0.4, 0.5) is 4.39 Å². The van der Waals surface area contributed by atoms with E-state index in [2.05, 4.69) is 31.4 Å². The second-order valence-corrected chi connectivity index (χ2v) is 6.96. The first-order valence-electron chi connectivity index (χ1n) is 7.47. The van der Waals surface area contributed by atoms with Crippen LogP contribution in [-0.2, 0) is 13.0 Å². The van der Waals surface area contributed by atoms with E-state index in [4.69, 9.17) is 0 Å². The molecule has 1 atom stereocenters. The fourth-order valence-electron chi connectivity index (χ4n) is 3.39. The van der Waals surface area contributed by atoms with Gasteiger partial charge in [-0.2, -0.15) is 0 Å². The van der Waals surface area contributed by atoms with Gasteiger partial charge in [-0.3, -0.25) is 0 Å². The normalized spacial score (nSPS) is 20.3. The summed E-state index contributed by atoms with van der Waals surface area (Å²) in [7, 11) is 0. The molecular formula is C18H22FNO. The van der Waals surface area contributed by atoms with Crippen LogP contribution in [0.3, 0.4) is 0 Å². The number of halogens is 1. The zero-order valence-corrected chi connectivity index (χ0v) is 12.9. The molecule has 2 aromatic rings.